The molecule has 1 saturated carbocycles. The third-order valence-corrected chi connectivity index (χ3v) is 7.04. The van der Waals surface area contributed by atoms with Crippen LogP contribution in [0, 0.1) is 23.4 Å². The first-order valence-electron chi connectivity index (χ1n) is 12.1. The van der Waals surface area contributed by atoms with E-state index >= 15 is 4.39 Å². The average Bonchev–Trinajstić information content (AvgIpc) is 2.81. The predicted octanol–water partition coefficient (Wildman–Crippen LogP) is 9.68. The molecule has 1 aliphatic carbocycles. The van der Waals surface area contributed by atoms with Gasteiger partial charge in [-0.2, -0.15) is 0 Å². The molecule has 0 spiro atoms. The van der Waals surface area contributed by atoms with Gasteiger partial charge in [0, 0.05) is 10.9 Å². The number of alkyl halides is 3. The topological polar surface area (TPSA) is 9.23 Å². The number of ether oxygens (including phenoxy) is 1. The van der Waals surface area contributed by atoms with Crippen molar-refractivity contribution in [1.29, 1.82) is 0 Å². The van der Waals surface area contributed by atoms with E-state index in [1.807, 2.05) is 12.1 Å². The summed E-state index contributed by atoms with van der Waals surface area (Å²) in [5.74, 6) is -4.15. The fourth-order valence-corrected chi connectivity index (χ4v) is 5.18. The number of benzene rings is 3. The van der Waals surface area contributed by atoms with E-state index in [1.54, 1.807) is 12.1 Å². The molecule has 0 unspecified atom stereocenters. The van der Waals surface area contributed by atoms with Gasteiger partial charge in [-0.25, -0.2) is 13.2 Å². The molecule has 4 rings (SSSR count). The van der Waals surface area contributed by atoms with Crippen LogP contribution in [0.5, 0.6) is 5.75 Å². The van der Waals surface area contributed by atoms with E-state index in [2.05, 4.69) is 11.7 Å². The van der Waals surface area contributed by atoms with Crippen molar-refractivity contribution in [2.24, 2.45) is 5.92 Å². The zero-order valence-corrected chi connectivity index (χ0v) is 19.5. The lowest BCUT2D eigenvalue weighted by Crippen LogP contribution is -2.19. The molecular weight excluding hydrogens is 466 g/mol. The third-order valence-electron chi connectivity index (χ3n) is 7.04. The number of hydrogen-bond donors (Lipinski definition) is 0. The molecule has 0 aromatic heterocycles. The highest BCUT2D eigenvalue weighted by Crippen LogP contribution is 2.40. The molecule has 1 fully saturated rings. The van der Waals surface area contributed by atoms with Gasteiger partial charge in [-0.15, -0.1) is 13.2 Å². The molecule has 1 nitrogen and oxygen atoms in total. The Bertz CT molecular complexity index is 1160. The van der Waals surface area contributed by atoms with Crippen LogP contribution in [-0.4, -0.2) is 6.36 Å². The predicted molar refractivity (Wildman–Crippen MR) is 125 cm³/mol. The van der Waals surface area contributed by atoms with Crippen LogP contribution in [0.15, 0.2) is 42.5 Å². The molecule has 0 bridgehead atoms. The first-order chi connectivity index (χ1) is 16.7. The Morgan fingerprint density at radius 1 is 0.857 bits per heavy atom. The van der Waals surface area contributed by atoms with Crippen molar-refractivity contribution >= 4 is 10.8 Å². The SMILES string of the molecule is CCCCCC1CCC(c2ccc3c(F)c(-c4cc(F)c(OC(F)(F)F)c(F)c4)ccc3c2)CC1. The highest BCUT2D eigenvalue weighted by molar-refractivity contribution is 5.89. The number of hydrogen-bond acceptors (Lipinski definition) is 1. The quantitative estimate of drug-likeness (QED) is 0.235. The normalized spacial score (nSPS) is 18.7. The van der Waals surface area contributed by atoms with Crippen LogP contribution in [0.4, 0.5) is 26.3 Å². The summed E-state index contributed by atoms with van der Waals surface area (Å²) < 4.78 is 84.2. The highest BCUT2D eigenvalue weighted by atomic mass is 19.4. The molecule has 0 heterocycles. The van der Waals surface area contributed by atoms with E-state index in [0.717, 1.165) is 24.3 Å². The van der Waals surface area contributed by atoms with E-state index in [-0.39, 0.29) is 16.5 Å². The van der Waals surface area contributed by atoms with Crippen molar-refractivity contribution in [2.45, 2.75) is 70.6 Å². The molecule has 0 saturated heterocycles. The monoisotopic (exact) mass is 494 g/mol. The molecular formula is C28H28F6O. The Labute approximate surface area is 201 Å². The summed E-state index contributed by atoms with van der Waals surface area (Å²) in [6.07, 6.45) is 4.45. The van der Waals surface area contributed by atoms with E-state index in [4.69, 9.17) is 0 Å². The van der Waals surface area contributed by atoms with Crippen LogP contribution >= 0.6 is 0 Å². The Hall–Kier alpha value is -2.70. The minimum Gasteiger partial charge on any atom is -0.399 e. The van der Waals surface area contributed by atoms with Gasteiger partial charge in [-0.3, -0.25) is 0 Å². The molecule has 0 aliphatic heterocycles. The first-order valence-corrected chi connectivity index (χ1v) is 12.1. The summed E-state index contributed by atoms with van der Waals surface area (Å²) >= 11 is 0. The maximum Gasteiger partial charge on any atom is 0.573 e. The van der Waals surface area contributed by atoms with Crippen molar-refractivity contribution in [2.75, 3.05) is 0 Å². The van der Waals surface area contributed by atoms with Crippen molar-refractivity contribution in [3.8, 4) is 16.9 Å². The molecule has 0 N–H and O–H groups in total. The maximum atomic E-state index is 15.3. The summed E-state index contributed by atoms with van der Waals surface area (Å²) in [5, 5.41) is 0.961. The van der Waals surface area contributed by atoms with Gasteiger partial charge in [-0.05, 0) is 66.2 Å². The maximum absolute atomic E-state index is 15.3. The van der Waals surface area contributed by atoms with Crippen LogP contribution in [0.2, 0.25) is 0 Å². The molecule has 1 aliphatic rings. The van der Waals surface area contributed by atoms with Crippen molar-refractivity contribution in [3.63, 3.8) is 0 Å². The average molecular weight is 495 g/mol. The summed E-state index contributed by atoms with van der Waals surface area (Å²) in [6.45, 7) is 2.21. The van der Waals surface area contributed by atoms with Crippen molar-refractivity contribution in [3.05, 3.63) is 65.5 Å². The number of halogens is 6. The number of unbranched alkanes of at least 4 members (excludes halogenated alkanes) is 2. The number of fused-ring (bicyclic) bond motifs is 1. The lowest BCUT2D eigenvalue weighted by atomic mass is 9.76. The van der Waals surface area contributed by atoms with E-state index in [0.29, 0.717) is 23.4 Å². The molecule has 0 atom stereocenters. The molecule has 7 heteroatoms. The molecule has 35 heavy (non-hydrogen) atoms. The zero-order valence-electron chi connectivity index (χ0n) is 19.5. The lowest BCUT2D eigenvalue weighted by molar-refractivity contribution is -0.276. The second kappa shape index (κ2) is 10.5. The lowest BCUT2D eigenvalue weighted by Gasteiger charge is -2.29. The molecule has 3 aromatic rings. The van der Waals surface area contributed by atoms with Gasteiger partial charge in [0.2, 0.25) is 5.75 Å². The second-order valence-electron chi connectivity index (χ2n) is 9.44. The fraction of sp³-hybridized carbons (Fsp3) is 0.429. The van der Waals surface area contributed by atoms with Crippen LogP contribution in [0.25, 0.3) is 21.9 Å². The van der Waals surface area contributed by atoms with E-state index in [1.165, 1.54) is 44.6 Å². The van der Waals surface area contributed by atoms with Gasteiger partial charge < -0.3 is 4.74 Å². The summed E-state index contributed by atoms with van der Waals surface area (Å²) in [5.41, 5.74) is 0.844. The third kappa shape index (κ3) is 5.93. The fourth-order valence-electron chi connectivity index (χ4n) is 5.18. The minimum atomic E-state index is -5.25. The van der Waals surface area contributed by atoms with Crippen LogP contribution in [0.3, 0.4) is 0 Å². The van der Waals surface area contributed by atoms with Crippen LogP contribution in [0.1, 0.15) is 69.8 Å². The Balaban J connectivity index is 1.54. The summed E-state index contributed by atoms with van der Waals surface area (Å²) in [7, 11) is 0. The van der Waals surface area contributed by atoms with Gasteiger partial charge in [0.25, 0.3) is 0 Å². The standard InChI is InChI=1S/C28H28F6O/c1-2-3-4-5-17-6-8-18(9-7-17)19-10-12-22-20(14-19)11-13-23(26(22)31)21-15-24(29)27(25(30)16-21)35-28(32,33)34/h10-18H,2-9H2,1H3. The largest absolute Gasteiger partial charge is 0.573 e. The zero-order chi connectivity index (χ0) is 25.2. The van der Waals surface area contributed by atoms with Gasteiger partial charge in [0.15, 0.2) is 11.6 Å². The molecule has 0 amide bonds. The molecule has 3 aromatic carbocycles. The molecule has 0 radical (unpaired) electrons. The summed E-state index contributed by atoms with van der Waals surface area (Å²) in [4.78, 5) is 0. The van der Waals surface area contributed by atoms with Crippen molar-refractivity contribution < 1.29 is 31.1 Å². The van der Waals surface area contributed by atoms with Gasteiger partial charge in [0.1, 0.15) is 5.82 Å². The van der Waals surface area contributed by atoms with E-state index in [9.17, 15) is 22.0 Å². The minimum absolute atomic E-state index is 0.103. The molecule has 188 valence electrons. The Morgan fingerprint density at radius 2 is 1.54 bits per heavy atom. The van der Waals surface area contributed by atoms with Crippen LogP contribution < -0.4 is 4.74 Å². The van der Waals surface area contributed by atoms with Crippen molar-refractivity contribution in [1.82, 2.24) is 0 Å². The van der Waals surface area contributed by atoms with Gasteiger partial charge >= 0.3 is 6.36 Å². The first kappa shape index (κ1) is 25.4. The summed E-state index contributed by atoms with van der Waals surface area (Å²) in [6, 6.07) is 9.88. The van der Waals surface area contributed by atoms with Crippen LogP contribution in [-0.2, 0) is 0 Å². The Kier molecular flexibility index (Phi) is 7.62. The Morgan fingerprint density at radius 3 is 2.17 bits per heavy atom. The second-order valence-corrected chi connectivity index (χ2v) is 9.44. The van der Waals surface area contributed by atoms with Gasteiger partial charge in [0.05, 0.1) is 0 Å². The van der Waals surface area contributed by atoms with E-state index < -0.39 is 29.6 Å². The van der Waals surface area contributed by atoms with Gasteiger partial charge in [-0.1, -0.05) is 62.9 Å². The smallest absolute Gasteiger partial charge is 0.399 e. The highest BCUT2D eigenvalue weighted by Gasteiger charge is 2.34. The number of rotatable bonds is 7.